The summed E-state index contributed by atoms with van der Waals surface area (Å²) < 4.78 is 2.07. The van der Waals surface area contributed by atoms with Crippen LogP contribution in [-0.4, -0.2) is 46.6 Å². The molecule has 0 aromatic carbocycles. The van der Waals surface area contributed by atoms with E-state index >= 15 is 0 Å². The fourth-order valence-corrected chi connectivity index (χ4v) is 5.16. The third-order valence-corrected chi connectivity index (χ3v) is 6.70. The lowest BCUT2D eigenvalue weighted by atomic mass is 10.1. The Balaban J connectivity index is 1.38. The molecule has 0 aliphatic carbocycles. The fraction of sp³-hybridized carbons (Fsp3) is 0.550. The Kier molecular flexibility index (Phi) is 5.77. The summed E-state index contributed by atoms with van der Waals surface area (Å²) in [4.78, 5) is 28.5. The maximum atomic E-state index is 12.9. The zero-order chi connectivity index (χ0) is 19.5. The SMILES string of the molecule is CNC(=O)c1ccc([C@H]2CCCN2C(=O)CCc2cc3n(n2)CCCNC3)s1. The van der Waals surface area contributed by atoms with Crippen molar-refractivity contribution in [3.8, 4) is 0 Å². The number of hydrogen-bond donors (Lipinski definition) is 2. The van der Waals surface area contributed by atoms with Gasteiger partial charge < -0.3 is 15.5 Å². The van der Waals surface area contributed by atoms with E-state index in [1.807, 2.05) is 17.0 Å². The van der Waals surface area contributed by atoms with Crippen LogP contribution in [0.25, 0.3) is 0 Å². The van der Waals surface area contributed by atoms with Gasteiger partial charge in [-0.2, -0.15) is 5.10 Å². The normalized spacial score (nSPS) is 19.3. The van der Waals surface area contributed by atoms with Gasteiger partial charge in [-0.1, -0.05) is 0 Å². The van der Waals surface area contributed by atoms with Crippen molar-refractivity contribution >= 4 is 23.2 Å². The van der Waals surface area contributed by atoms with Crippen LogP contribution in [0.2, 0.25) is 0 Å². The van der Waals surface area contributed by atoms with Crippen LogP contribution in [0.4, 0.5) is 0 Å². The van der Waals surface area contributed by atoms with Gasteiger partial charge >= 0.3 is 0 Å². The summed E-state index contributed by atoms with van der Waals surface area (Å²) in [5, 5.41) is 10.7. The van der Waals surface area contributed by atoms with E-state index in [0.29, 0.717) is 17.7 Å². The highest BCUT2D eigenvalue weighted by atomic mass is 32.1. The lowest BCUT2D eigenvalue weighted by molar-refractivity contribution is -0.132. The van der Waals surface area contributed by atoms with E-state index in [9.17, 15) is 9.59 Å². The number of amides is 2. The molecule has 4 rings (SSSR count). The van der Waals surface area contributed by atoms with E-state index < -0.39 is 0 Å². The number of fused-ring (bicyclic) bond motifs is 1. The van der Waals surface area contributed by atoms with Crippen LogP contribution in [0.5, 0.6) is 0 Å². The van der Waals surface area contributed by atoms with E-state index in [0.717, 1.165) is 56.0 Å². The second-order valence-corrected chi connectivity index (χ2v) is 8.52. The van der Waals surface area contributed by atoms with E-state index in [1.165, 1.54) is 17.0 Å². The molecular formula is C20H27N5O2S. The first-order valence-corrected chi connectivity index (χ1v) is 10.8. The zero-order valence-electron chi connectivity index (χ0n) is 16.2. The van der Waals surface area contributed by atoms with Crippen molar-refractivity contribution in [2.45, 2.75) is 51.2 Å². The van der Waals surface area contributed by atoms with Crippen LogP contribution >= 0.6 is 11.3 Å². The number of thiophene rings is 1. The van der Waals surface area contributed by atoms with Gasteiger partial charge in [0.05, 0.1) is 22.3 Å². The molecule has 4 heterocycles. The summed E-state index contributed by atoms with van der Waals surface area (Å²) >= 11 is 1.49. The fourth-order valence-electron chi connectivity index (χ4n) is 4.06. The second-order valence-electron chi connectivity index (χ2n) is 7.41. The Labute approximate surface area is 169 Å². The number of carbonyl (C=O) groups is 2. The van der Waals surface area contributed by atoms with Crippen molar-refractivity contribution in [1.29, 1.82) is 0 Å². The predicted molar refractivity (Wildman–Crippen MR) is 108 cm³/mol. The molecule has 2 N–H and O–H groups in total. The van der Waals surface area contributed by atoms with Crippen molar-refractivity contribution in [1.82, 2.24) is 25.3 Å². The van der Waals surface area contributed by atoms with Gasteiger partial charge in [0.1, 0.15) is 0 Å². The quantitative estimate of drug-likeness (QED) is 0.804. The molecule has 2 aliphatic heterocycles. The van der Waals surface area contributed by atoms with Crippen molar-refractivity contribution in [3.05, 3.63) is 39.3 Å². The average molecular weight is 402 g/mol. The first-order valence-electron chi connectivity index (χ1n) is 10.0. The monoisotopic (exact) mass is 401 g/mol. The molecule has 0 radical (unpaired) electrons. The lowest BCUT2D eigenvalue weighted by Gasteiger charge is -2.23. The molecular weight excluding hydrogens is 374 g/mol. The Morgan fingerprint density at radius 3 is 3.07 bits per heavy atom. The molecule has 1 fully saturated rings. The Morgan fingerprint density at radius 1 is 1.32 bits per heavy atom. The van der Waals surface area contributed by atoms with Gasteiger partial charge in [0.2, 0.25) is 5.91 Å². The van der Waals surface area contributed by atoms with Crippen molar-refractivity contribution in [2.24, 2.45) is 0 Å². The van der Waals surface area contributed by atoms with Gasteiger partial charge in [-0.3, -0.25) is 14.3 Å². The second kappa shape index (κ2) is 8.45. The maximum Gasteiger partial charge on any atom is 0.261 e. The highest BCUT2D eigenvalue weighted by molar-refractivity contribution is 7.14. The number of nitrogens with one attached hydrogen (secondary N) is 2. The van der Waals surface area contributed by atoms with Crippen LogP contribution < -0.4 is 10.6 Å². The van der Waals surface area contributed by atoms with Crippen LogP contribution in [0, 0.1) is 0 Å². The molecule has 0 unspecified atom stereocenters. The third kappa shape index (κ3) is 3.98. The molecule has 2 aliphatic rings. The molecule has 1 saturated heterocycles. The minimum atomic E-state index is -0.0684. The minimum absolute atomic E-state index is 0.0684. The molecule has 2 amide bonds. The van der Waals surface area contributed by atoms with Gasteiger partial charge in [0.25, 0.3) is 5.91 Å². The van der Waals surface area contributed by atoms with Gasteiger partial charge in [-0.05, 0) is 44.0 Å². The molecule has 0 spiro atoms. The number of carbonyl (C=O) groups excluding carboxylic acids is 2. The molecule has 2 aromatic heterocycles. The molecule has 2 aromatic rings. The smallest absolute Gasteiger partial charge is 0.261 e. The topological polar surface area (TPSA) is 79.3 Å². The highest BCUT2D eigenvalue weighted by Gasteiger charge is 2.31. The summed E-state index contributed by atoms with van der Waals surface area (Å²) in [5.74, 6) is 0.111. The Morgan fingerprint density at radius 2 is 2.21 bits per heavy atom. The van der Waals surface area contributed by atoms with Crippen molar-refractivity contribution in [2.75, 3.05) is 20.1 Å². The summed E-state index contributed by atoms with van der Waals surface area (Å²) in [6, 6.07) is 6.07. The van der Waals surface area contributed by atoms with E-state index in [2.05, 4.69) is 26.5 Å². The first kappa shape index (κ1) is 19.1. The number of rotatable bonds is 5. The molecule has 0 saturated carbocycles. The van der Waals surface area contributed by atoms with Crippen LogP contribution in [-0.2, 0) is 24.3 Å². The molecule has 0 bridgehead atoms. The summed E-state index contributed by atoms with van der Waals surface area (Å²) in [5.41, 5.74) is 2.21. The molecule has 28 heavy (non-hydrogen) atoms. The highest BCUT2D eigenvalue weighted by Crippen LogP contribution is 2.36. The van der Waals surface area contributed by atoms with E-state index in [4.69, 9.17) is 0 Å². The number of likely N-dealkylation sites (tertiary alicyclic amines) is 1. The van der Waals surface area contributed by atoms with Crippen molar-refractivity contribution in [3.63, 3.8) is 0 Å². The van der Waals surface area contributed by atoms with Gasteiger partial charge in [0, 0.05) is 44.4 Å². The number of aryl methyl sites for hydroxylation is 2. The average Bonchev–Trinajstić information content (AvgIpc) is 3.42. The maximum absolute atomic E-state index is 12.9. The largest absolute Gasteiger partial charge is 0.354 e. The van der Waals surface area contributed by atoms with Gasteiger partial charge in [0.15, 0.2) is 0 Å². The summed E-state index contributed by atoms with van der Waals surface area (Å²) in [7, 11) is 1.64. The molecule has 7 nitrogen and oxygen atoms in total. The zero-order valence-corrected chi connectivity index (χ0v) is 17.1. The standard InChI is InChI=1S/C20H27N5O2S/c1-21-20(27)18-7-6-17(28-18)16-4-2-10-24(16)19(26)8-5-14-12-15-13-22-9-3-11-25(15)23-14/h6-7,12,16,22H,2-5,8-11,13H2,1H3,(H,21,27)/t16-/m1/s1. The lowest BCUT2D eigenvalue weighted by Crippen LogP contribution is -2.30. The Bertz CT molecular complexity index is 835. The van der Waals surface area contributed by atoms with Crippen LogP contribution in [0.3, 0.4) is 0 Å². The van der Waals surface area contributed by atoms with E-state index in [1.54, 1.807) is 7.05 Å². The van der Waals surface area contributed by atoms with Crippen LogP contribution in [0.1, 0.15) is 57.7 Å². The Hall–Kier alpha value is -2.19. The number of nitrogens with zero attached hydrogens (tertiary/aromatic N) is 3. The summed E-state index contributed by atoms with van der Waals surface area (Å²) in [6.45, 7) is 3.61. The van der Waals surface area contributed by atoms with Gasteiger partial charge in [-0.15, -0.1) is 11.3 Å². The summed E-state index contributed by atoms with van der Waals surface area (Å²) in [6.07, 6.45) is 4.21. The predicted octanol–water partition coefficient (Wildman–Crippen LogP) is 2.09. The minimum Gasteiger partial charge on any atom is -0.354 e. The van der Waals surface area contributed by atoms with Crippen molar-refractivity contribution < 1.29 is 9.59 Å². The molecule has 8 heteroatoms. The van der Waals surface area contributed by atoms with E-state index in [-0.39, 0.29) is 17.9 Å². The number of aromatic nitrogens is 2. The number of hydrogen-bond acceptors (Lipinski definition) is 5. The third-order valence-electron chi connectivity index (χ3n) is 5.52. The first-order chi connectivity index (χ1) is 13.7. The van der Waals surface area contributed by atoms with Crippen LogP contribution in [0.15, 0.2) is 18.2 Å². The molecule has 1 atom stereocenters. The molecule has 150 valence electrons. The van der Waals surface area contributed by atoms with Gasteiger partial charge in [-0.25, -0.2) is 0 Å².